The normalized spacial score (nSPS) is 13.9. The molecule has 0 spiro atoms. The quantitative estimate of drug-likeness (QED) is 0.735. The fourth-order valence-corrected chi connectivity index (χ4v) is 2.06. The monoisotopic (exact) mass is 226 g/mol. The Balaban J connectivity index is 2.20. The second-order valence-corrected chi connectivity index (χ2v) is 4.07. The minimum atomic E-state index is -0.209. The van der Waals surface area contributed by atoms with E-state index in [-0.39, 0.29) is 6.29 Å². The molecule has 2 aromatic carbocycles. The summed E-state index contributed by atoms with van der Waals surface area (Å²) in [5, 5.41) is 0. The highest BCUT2D eigenvalue weighted by Gasteiger charge is 2.20. The summed E-state index contributed by atoms with van der Waals surface area (Å²) in [7, 11) is 0. The first-order valence-electron chi connectivity index (χ1n) is 5.90. The molecule has 0 unspecified atom stereocenters. The first kappa shape index (κ1) is 10.2. The molecule has 2 heteroatoms. The van der Waals surface area contributed by atoms with Gasteiger partial charge in [-0.05, 0) is 12.1 Å². The summed E-state index contributed by atoms with van der Waals surface area (Å²) in [5.74, 6) is 1.79. The smallest absolute Gasteiger partial charge is 0.240 e. The molecule has 0 atom stereocenters. The largest absolute Gasteiger partial charge is 0.454 e. The highest BCUT2D eigenvalue weighted by atomic mass is 16.7. The van der Waals surface area contributed by atoms with Gasteiger partial charge in [-0.25, -0.2) is 0 Å². The van der Waals surface area contributed by atoms with Crippen molar-refractivity contribution in [3.63, 3.8) is 0 Å². The molecule has 1 aliphatic rings. The van der Waals surface area contributed by atoms with Crippen LogP contribution in [0.1, 0.15) is 13.3 Å². The maximum atomic E-state index is 5.87. The molecule has 17 heavy (non-hydrogen) atoms. The third kappa shape index (κ3) is 1.76. The molecular weight excluding hydrogens is 212 g/mol. The van der Waals surface area contributed by atoms with Gasteiger partial charge in [-0.15, -0.1) is 0 Å². The molecular formula is C15H14O2. The van der Waals surface area contributed by atoms with Gasteiger partial charge in [0.25, 0.3) is 0 Å². The van der Waals surface area contributed by atoms with Crippen molar-refractivity contribution in [3.05, 3.63) is 48.5 Å². The van der Waals surface area contributed by atoms with Crippen LogP contribution in [-0.4, -0.2) is 6.29 Å². The average Bonchev–Trinajstić information content (AvgIpc) is 2.55. The van der Waals surface area contributed by atoms with Crippen LogP contribution in [0.5, 0.6) is 11.5 Å². The van der Waals surface area contributed by atoms with Crippen LogP contribution >= 0.6 is 0 Å². The van der Waals surface area contributed by atoms with Crippen LogP contribution in [0.3, 0.4) is 0 Å². The van der Waals surface area contributed by atoms with Crippen molar-refractivity contribution in [2.24, 2.45) is 0 Å². The van der Waals surface area contributed by atoms with E-state index in [4.69, 9.17) is 9.47 Å². The first-order valence-corrected chi connectivity index (χ1v) is 5.90. The topological polar surface area (TPSA) is 18.5 Å². The van der Waals surface area contributed by atoms with Crippen LogP contribution in [0.2, 0.25) is 0 Å². The fraction of sp³-hybridized carbons (Fsp3) is 0.200. The summed E-state index contributed by atoms with van der Waals surface area (Å²) < 4.78 is 11.7. The number of hydrogen-bond donors (Lipinski definition) is 0. The molecule has 0 N–H and O–H groups in total. The second kappa shape index (κ2) is 4.13. The second-order valence-electron chi connectivity index (χ2n) is 4.07. The molecule has 3 rings (SSSR count). The highest BCUT2D eigenvalue weighted by molar-refractivity contribution is 5.76. The van der Waals surface area contributed by atoms with Gasteiger partial charge in [0.2, 0.25) is 6.29 Å². The molecule has 0 fully saturated rings. The maximum absolute atomic E-state index is 5.87. The first-order chi connectivity index (χ1) is 8.38. The number of hydrogen-bond acceptors (Lipinski definition) is 2. The van der Waals surface area contributed by atoms with Crippen LogP contribution in [0, 0.1) is 0 Å². The van der Waals surface area contributed by atoms with Crippen molar-refractivity contribution in [1.29, 1.82) is 0 Å². The van der Waals surface area contributed by atoms with E-state index >= 15 is 0 Å². The molecule has 0 radical (unpaired) electrons. The Morgan fingerprint density at radius 3 is 1.76 bits per heavy atom. The lowest BCUT2D eigenvalue weighted by atomic mass is 10.0. The minimum Gasteiger partial charge on any atom is -0.454 e. The van der Waals surface area contributed by atoms with Crippen LogP contribution in [0.15, 0.2) is 48.5 Å². The summed E-state index contributed by atoms with van der Waals surface area (Å²) in [6.07, 6.45) is 0.614. The molecule has 0 aliphatic carbocycles. The number of rotatable bonds is 1. The molecule has 1 heterocycles. The van der Waals surface area contributed by atoms with Crippen molar-refractivity contribution in [3.8, 4) is 22.6 Å². The summed E-state index contributed by atoms with van der Waals surface area (Å²) in [6.45, 7) is 2.06. The van der Waals surface area contributed by atoms with E-state index in [1.54, 1.807) is 0 Å². The lowest BCUT2D eigenvalue weighted by Gasteiger charge is -2.16. The van der Waals surface area contributed by atoms with Gasteiger partial charge >= 0.3 is 0 Å². The zero-order valence-electron chi connectivity index (χ0n) is 9.72. The third-order valence-electron chi connectivity index (χ3n) is 2.91. The van der Waals surface area contributed by atoms with E-state index in [0.717, 1.165) is 29.0 Å². The van der Waals surface area contributed by atoms with E-state index in [0.29, 0.717) is 0 Å². The van der Waals surface area contributed by atoms with E-state index in [1.807, 2.05) is 36.4 Å². The Morgan fingerprint density at radius 1 is 0.824 bits per heavy atom. The predicted molar refractivity (Wildman–Crippen MR) is 67.2 cm³/mol. The Bertz CT molecular complexity index is 486. The van der Waals surface area contributed by atoms with Crippen LogP contribution in [0.25, 0.3) is 11.1 Å². The lowest BCUT2D eigenvalue weighted by molar-refractivity contribution is 0.00701. The van der Waals surface area contributed by atoms with E-state index < -0.39 is 0 Å². The van der Waals surface area contributed by atoms with Gasteiger partial charge in [-0.2, -0.15) is 0 Å². The van der Waals surface area contributed by atoms with Gasteiger partial charge in [-0.1, -0.05) is 43.3 Å². The van der Waals surface area contributed by atoms with Gasteiger partial charge in [-0.3, -0.25) is 0 Å². The molecule has 0 saturated carbocycles. The van der Waals surface area contributed by atoms with Crippen molar-refractivity contribution < 1.29 is 9.47 Å². The number of para-hydroxylation sites is 2. The highest BCUT2D eigenvalue weighted by Crippen LogP contribution is 2.39. The van der Waals surface area contributed by atoms with E-state index in [1.165, 1.54) is 0 Å². The average molecular weight is 226 g/mol. The number of benzene rings is 2. The predicted octanol–water partition coefficient (Wildman–Crippen LogP) is 3.86. The van der Waals surface area contributed by atoms with Crippen molar-refractivity contribution in [1.82, 2.24) is 0 Å². The summed E-state index contributed by atoms with van der Waals surface area (Å²) in [4.78, 5) is 0. The van der Waals surface area contributed by atoms with Crippen LogP contribution in [-0.2, 0) is 0 Å². The molecule has 0 saturated heterocycles. The van der Waals surface area contributed by atoms with Gasteiger partial charge < -0.3 is 9.47 Å². The molecule has 0 amide bonds. The standard InChI is InChI=1S/C15H14O2/c1-2-15-16-13-9-5-3-7-11(13)12-8-4-6-10-14(12)17-15/h3-10,15H,2H2,1H3. The van der Waals surface area contributed by atoms with Crippen LogP contribution < -0.4 is 9.47 Å². The van der Waals surface area contributed by atoms with Crippen molar-refractivity contribution in [2.45, 2.75) is 19.6 Å². The summed E-state index contributed by atoms with van der Waals surface area (Å²) >= 11 is 0. The lowest BCUT2D eigenvalue weighted by Crippen LogP contribution is -2.21. The summed E-state index contributed by atoms with van der Waals surface area (Å²) in [5.41, 5.74) is 2.19. The third-order valence-corrected chi connectivity index (χ3v) is 2.91. The van der Waals surface area contributed by atoms with E-state index in [2.05, 4.69) is 19.1 Å². The van der Waals surface area contributed by atoms with Crippen molar-refractivity contribution >= 4 is 0 Å². The minimum absolute atomic E-state index is 0.209. The van der Waals surface area contributed by atoms with Gasteiger partial charge in [0, 0.05) is 17.5 Å². The Kier molecular flexibility index (Phi) is 2.48. The molecule has 0 bridgehead atoms. The number of fused-ring (bicyclic) bond motifs is 3. The molecule has 86 valence electrons. The zero-order valence-corrected chi connectivity index (χ0v) is 9.72. The molecule has 1 aliphatic heterocycles. The SMILES string of the molecule is CCC1Oc2ccccc2-c2ccccc2O1. The molecule has 0 aromatic heterocycles. The Morgan fingerprint density at radius 2 is 1.29 bits per heavy atom. The molecule has 2 aromatic rings. The Labute approximate surface area is 101 Å². The maximum Gasteiger partial charge on any atom is 0.240 e. The summed E-state index contributed by atoms with van der Waals surface area (Å²) in [6, 6.07) is 16.1. The van der Waals surface area contributed by atoms with Crippen molar-refractivity contribution in [2.75, 3.05) is 0 Å². The zero-order chi connectivity index (χ0) is 11.7. The van der Waals surface area contributed by atoms with Gasteiger partial charge in [0.15, 0.2) is 0 Å². The van der Waals surface area contributed by atoms with Gasteiger partial charge in [0.05, 0.1) is 0 Å². The fourth-order valence-electron chi connectivity index (χ4n) is 2.06. The van der Waals surface area contributed by atoms with E-state index in [9.17, 15) is 0 Å². The molecule has 2 nitrogen and oxygen atoms in total. The van der Waals surface area contributed by atoms with Crippen LogP contribution in [0.4, 0.5) is 0 Å². The Hall–Kier alpha value is -1.96. The van der Waals surface area contributed by atoms with Gasteiger partial charge in [0.1, 0.15) is 11.5 Å². The number of ether oxygens (including phenoxy) is 2.